The van der Waals surface area contributed by atoms with Crippen molar-refractivity contribution in [3.05, 3.63) is 29.8 Å². The highest BCUT2D eigenvalue weighted by atomic mass is 16.4. The van der Waals surface area contributed by atoms with Gasteiger partial charge in [0, 0.05) is 37.2 Å². The molecular formula is C17H24N2O4. The Balaban J connectivity index is 2.58. The molecule has 1 rings (SSSR count). The summed E-state index contributed by atoms with van der Waals surface area (Å²) >= 11 is 0. The van der Waals surface area contributed by atoms with Crippen LogP contribution >= 0.6 is 0 Å². The molecular weight excluding hydrogens is 296 g/mol. The number of hydrogen-bond donors (Lipinski definition) is 2. The number of carboxylic acid groups (broad SMARTS) is 1. The molecule has 23 heavy (non-hydrogen) atoms. The number of hydrogen-bond acceptors (Lipinski definition) is 3. The second kappa shape index (κ2) is 9.61. The van der Waals surface area contributed by atoms with Gasteiger partial charge < -0.3 is 15.3 Å². The SMILES string of the molecule is CCN(CC)C(=O)c1cccc(NC(=O)CCCCC(=O)O)c1. The normalized spacial score (nSPS) is 10.2. The van der Waals surface area contributed by atoms with Crippen molar-refractivity contribution in [2.24, 2.45) is 0 Å². The first-order chi connectivity index (χ1) is 11.0. The molecule has 0 fully saturated rings. The maximum atomic E-state index is 12.3. The molecule has 2 amide bonds. The van der Waals surface area contributed by atoms with Gasteiger partial charge in [0.15, 0.2) is 0 Å². The molecule has 0 saturated heterocycles. The molecule has 6 nitrogen and oxygen atoms in total. The van der Waals surface area contributed by atoms with Crippen LogP contribution in [0.4, 0.5) is 5.69 Å². The van der Waals surface area contributed by atoms with E-state index in [0.29, 0.717) is 37.2 Å². The summed E-state index contributed by atoms with van der Waals surface area (Å²) in [5.74, 6) is -1.09. The number of benzene rings is 1. The summed E-state index contributed by atoms with van der Waals surface area (Å²) in [5.41, 5.74) is 1.11. The molecule has 0 unspecified atom stereocenters. The zero-order chi connectivity index (χ0) is 17.2. The Kier molecular flexibility index (Phi) is 7.80. The van der Waals surface area contributed by atoms with E-state index < -0.39 is 5.97 Å². The molecule has 6 heteroatoms. The molecule has 126 valence electrons. The summed E-state index contributed by atoms with van der Waals surface area (Å²) in [7, 11) is 0. The molecule has 1 aromatic carbocycles. The van der Waals surface area contributed by atoms with Crippen molar-refractivity contribution in [1.82, 2.24) is 4.90 Å². The number of carboxylic acids is 1. The van der Waals surface area contributed by atoms with Crippen LogP contribution in [0.5, 0.6) is 0 Å². The number of aliphatic carboxylic acids is 1. The molecule has 0 aliphatic rings. The van der Waals surface area contributed by atoms with Gasteiger partial charge in [0.2, 0.25) is 5.91 Å². The fourth-order valence-corrected chi connectivity index (χ4v) is 2.21. The molecule has 1 aromatic rings. The first kappa shape index (κ1) is 18.7. The third-order valence-corrected chi connectivity index (χ3v) is 3.49. The molecule has 0 bridgehead atoms. The second-order valence-corrected chi connectivity index (χ2v) is 5.21. The molecule has 0 spiro atoms. The number of amides is 2. The van der Waals surface area contributed by atoms with Crippen LogP contribution in [0.1, 0.15) is 49.9 Å². The van der Waals surface area contributed by atoms with E-state index in [2.05, 4.69) is 5.32 Å². The summed E-state index contributed by atoms with van der Waals surface area (Å²) < 4.78 is 0. The van der Waals surface area contributed by atoms with E-state index in [1.807, 2.05) is 13.8 Å². The van der Waals surface area contributed by atoms with E-state index in [9.17, 15) is 14.4 Å². The van der Waals surface area contributed by atoms with Gasteiger partial charge in [-0.1, -0.05) is 6.07 Å². The van der Waals surface area contributed by atoms with E-state index >= 15 is 0 Å². The fraction of sp³-hybridized carbons (Fsp3) is 0.471. The van der Waals surface area contributed by atoms with E-state index in [1.165, 1.54) is 0 Å². The maximum absolute atomic E-state index is 12.3. The Labute approximate surface area is 136 Å². The lowest BCUT2D eigenvalue weighted by atomic mass is 10.1. The molecule has 0 heterocycles. The lowest BCUT2D eigenvalue weighted by Crippen LogP contribution is -2.30. The Bertz CT molecular complexity index is 553. The highest BCUT2D eigenvalue weighted by molar-refractivity contribution is 5.97. The van der Waals surface area contributed by atoms with Crippen LogP contribution in [-0.4, -0.2) is 40.9 Å². The van der Waals surface area contributed by atoms with Crippen molar-refractivity contribution in [3.8, 4) is 0 Å². The van der Waals surface area contributed by atoms with E-state index in [4.69, 9.17) is 5.11 Å². The lowest BCUT2D eigenvalue weighted by molar-refractivity contribution is -0.137. The van der Waals surface area contributed by atoms with Crippen LogP contribution in [0.15, 0.2) is 24.3 Å². The minimum absolute atomic E-state index is 0.0624. The second-order valence-electron chi connectivity index (χ2n) is 5.21. The van der Waals surface area contributed by atoms with Crippen molar-refractivity contribution in [3.63, 3.8) is 0 Å². The van der Waals surface area contributed by atoms with Crippen molar-refractivity contribution in [2.75, 3.05) is 18.4 Å². The average molecular weight is 320 g/mol. The Morgan fingerprint density at radius 1 is 1.09 bits per heavy atom. The minimum atomic E-state index is -0.854. The predicted octanol–water partition coefficient (Wildman–Crippen LogP) is 2.75. The quantitative estimate of drug-likeness (QED) is 0.685. The van der Waals surface area contributed by atoms with Gasteiger partial charge in [0.25, 0.3) is 5.91 Å². The summed E-state index contributed by atoms with van der Waals surface area (Å²) in [5, 5.41) is 11.3. The van der Waals surface area contributed by atoms with Crippen LogP contribution in [0, 0.1) is 0 Å². The minimum Gasteiger partial charge on any atom is -0.481 e. The summed E-state index contributed by atoms with van der Waals surface area (Å²) in [4.78, 5) is 36.2. The van der Waals surface area contributed by atoms with Crippen LogP contribution in [-0.2, 0) is 9.59 Å². The zero-order valence-corrected chi connectivity index (χ0v) is 13.7. The molecule has 0 aliphatic carbocycles. The van der Waals surface area contributed by atoms with Gasteiger partial charge in [-0.05, 0) is 44.9 Å². The topological polar surface area (TPSA) is 86.7 Å². The first-order valence-electron chi connectivity index (χ1n) is 7.88. The number of anilines is 1. The Morgan fingerprint density at radius 3 is 2.35 bits per heavy atom. The van der Waals surface area contributed by atoms with Gasteiger partial charge in [0.05, 0.1) is 0 Å². The van der Waals surface area contributed by atoms with Crippen molar-refractivity contribution in [2.45, 2.75) is 39.5 Å². The smallest absolute Gasteiger partial charge is 0.303 e. The van der Waals surface area contributed by atoms with Gasteiger partial charge in [-0.2, -0.15) is 0 Å². The van der Waals surface area contributed by atoms with E-state index in [1.54, 1.807) is 29.2 Å². The van der Waals surface area contributed by atoms with Crippen molar-refractivity contribution in [1.29, 1.82) is 0 Å². The van der Waals surface area contributed by atoms with Gasteiger partial charge in [0.1, 0.15) is 0 Å². The standard InChI is InChI=1S/C17H24N2O4/c1-3-19(4-2)17(23)13-8-7-9-14(12-13)18-15(20)10-5-6-11-16(21)22/h7-9,12H,3-6,10-11H2,1-2H3,(H,18,20)(H,21,22). The van der Waals surface area contributed by atoms with Gasteiger partial charge >= 0.3 is 5.97 Å². The van der Waals surface area contributed by atoms with Crippen molar-refractivity contribution < 1.29 is 19.5 Å². The fourth-order valence-electron chi connectivity index (χ4n) is 2.21. The Hall–Kier alpha value is -2.37. The van der Waals surface area contributed by atoms with Crippen LogP contribution in [0.25, 0.3) is 0 Å². The van der Waals surface area contributed by atoms with Crippen LogP contribution in [0.3, 0.4) is 0 Å². The number of carbonyl (C=O) groups is 3. The van der Waals surface area contributed by atoms with Gasteiger partial charge in [-0.25, -0.2) is 0 Å². The first-order valence-corrected chi connectivity index (χ1v) is 7.88. The Morgan fingerprint density at radius 2 is 1.74 bits per heavy atom. The van der Waals surface area contributed by atoms with Crippen LogP contribution < -0.4 is 5.32 Å². The summed E-state index contributed by atoms with van der Waals surface area (Å²) in [6.45, 7) is 5.11. The molecule has 0 radical (unpaired) electrons. The summed E-state index contributed by atoms with van der Waals surface area (Å²) in [6, 6.07) is 6.85. The predicted molar refractivity (Wildman–Crippen MR) is 88.4 cm³/mol. The average Bonchev–Trinajstić information content (AvgIpc) is 2.52. The number of carbonyl (C=O) groups excluding carboxylic acids is 2. The lowest BCUT2D eigenvalue weighted by Gasteiger charge is -2.19. The third-order valence-electron chi connectivity index (χ3n) is 3.49. The molecule has 0 saturated carbocycles. The van der Waals surface area contributed by atoms with Crippen LogP contribution in [0.2, 0.25) is 0 Å². The number of nitrogens with zero attached hydrogens (tertiary/aromatic N) is 1. The van der Waals surface area contributed by atoms with E-state index in [-0.39, 0.29) is 24.7 Å². The van der Waals surface area contributed by atoms with Crippen molar-refractivity contribution >= 4 is 23.5 Å². The number of nitrogens with one attached hydrogen (secondary N) is 1. The molecule has 0 atom stereocenters. The molecule has 2 N–H and O–H groups in total. The monoisotopic (exact) mass is 320 g/mol. The maximum Gasteiger partial charge on any atom is 0.303 e. The highest BCUT2D eigenvalue weighted by Gasteiger charge is 2.13. The number of unbranched alkanes of at least 4 members (excludes halogenated alkanes) is 1. The largest absolute Gasteiger partial charge is 0.481 e. The summed E-state index contributed by atoms with van der Waals surface area (Å²) in [6.07, 6.45) is 1.34. The third kappa shape index (κ3) is 6.50. The zero-order valence-electron chi connectivity index (χ0n) is 13.7. The van der Waals surface area contributed by atoms with E-state index in [0.717, 1.165) is 0 Å². The molecule has 0 aliphatic heterocycles. The number of rotatable bonds is 9. The van der Waals surface area contributed by atoms with Gasteiger partial charge in [-0.3, -0.25) is 14.4 Å². The highest BCUT2D eigenvalue weighted by Crippen LogP contribution is 2.14. The molecule has 0 aromatic heterocycles. The van der Waals surface area contributed by atoms with Gasteiger partial charge in [-0.15, -0.1) is 0 Å².